The molecule has 2 aromatic rings. The van der Waals surface area contributed by atoms with Crippen molar-refractivity contribution >= 4 is 11.4 Å². The molecular formula is C14H16N2O4. The van der Waals surface area contributed by atoms with E-state index >= 15 is 0 Å². The average Bonchev–Trinajstić information content (AvgIpc) is 2.82. The lowest BCUT2D eigenvalue weighted by molar-refractivity contribution is -0.385. The third kappa shape index (κ3) is 3.28. The Hall–Kier alpha value is -2.50. The number of nitro benzene ring substituents is 1. The molecule has 106 valence electrons. The molecule has 0 bridgehead atoms. The second kappa shape index (κ2) is 6.10. The summed E-state index contributed by atoms with van der Waals surface area (Å²) < 4.78 is 10.7. The number of hydrogen-bond acceptors (Lipinski definition) is 5. The number of nitro groups is 1. The fourth-order valence-electron chi connectivity index (χ4n) is 1.82. The van der Waals surface area contributed by atoms with E-state index in [0.29, 0.717) is 13.2 Å². The van der Waals surface area contributed by atoms with E-state index in [-0.39, 0.29) is 11.4 Å². The standard InChI is InChI=1S/C14H16N2O4/c1-3-19-14-8-11(5-7-13(14)16(17)18)15-9-12-6-4-10(2)20-12/h4-8,15H,3,9H2,1-2H3. The molecule has 1 heterocycles. The van der Waals surface area contributed by atoms with Crippen LogP contribution >= 0.6 is 0 Å². The smallest absolute Gasteiger partial charge is 0.311 e. The van der Waals surface area contributed by atoms with E-state index in [1.807, 2.05) is 19.1 Å². The molecule has 0 atom stereocenters. The fourth-order valence-corrected chi connectivity index (χ4v) is 1.82. The van der Waals surface area contributed by atoms with Gasteiger partial charge in [-0.1, -0.05) is 0 Å². The third-order valence-corrected chi connectivity index (χ3v) is 2.72. The first kappa shape index (κ1) is 13.9. The molecule has 6 heteroatoms. The van der Waals surface area contributed by atoms with Gasteiger partial charge in [-0.25, -0.2) is 0 Å². The number of nitrogens with one attached hydrogen (secondary N) is 1. The Morgan fingerprint density at radius 1 is 1.35 bits per heavy atom. The van der Waals surface area contributed by atoms with Crippen LogP contribution in [-0.2, 0) is 6.54 Å². The van der Waals surface area contributed by atoms with E-state index in [1.165, 1.54) is 6.07 Å². The second-order valence-electron chi connectivity index (χ2n) is 4.24. The minimum atomic E-state index is -0.454. The Kier molecular flexibility index (Phi) is 4.24. The number of nitrogens with zero attached hydrogens (tertiary/aromatic N) is 1. The second-order valence-corrected chi connectivity index (χ2v) is 4.24. The molecule has 0 radical (unpaired) electrons. The molecule has 1 aromatic heterocycles. The minimum absolute atomic E-state index is 0.0359. The van der Waals surface area contributed by atoms with Crippen molar-refractivity contribution in [1.29, 1.82) is 0 Å². The Balaban J connectivity index is 2.12. The van der Waals surface area contributed by atoms with Crippen LogP contribution in [-0.4, -0.2) is 11.5 Å². The molecular weight excluding hydrogens is 260 g/mol. The Labute approximate surface area is 116 Å². The van der Waals surface area contributed by atoms with Gasteiger partial charge in [-0.15, -0.1) is 0 Å². The highest BCUT2D eigenvalue weighted by Crippen LogP contribution is 2.30. The zero-order valence-corrected chi connectivity index (χ0v) is 11.4. The van der Waals surface area contributed by atoms with Crippen LogP contribution in [0.1, 0.15) is 18.4 Å². The minimum Gasteiger partial charge on any atom is -0.487 e. The van der Waals surface area contributed by atoms with Crippen molar-refractivity contribution < 1.29 is 14.1 Å². The molecule has 0 spiro atoms. The summed E-state index contributed by atoms with van der Waals surface area (Å²) in [6, 6.07) is 8.48. The van der Waals surface area contributed by atoms with Crippen LogP contribution in [0.2, 0.25) is 0 Å². The molecule has 0 aliphatic rings. The Morgan fingerprint density at radius 3 is 2.75 bits per heavy atom. The number of ether oxygens (including phenoxy) is 1. The molecule has 0 amide bonds. The first-order chi connectivity index (χ1) is 9.60. The number of anilines is 1. The van der Waals surface area contributed by atoms with Crippen LogP contribution in [0, 0.1) is 17.0 Å². The number of aryl methyl sites for hydroxylation is 1. The highest BCUT2D eigenvalue weighted by atomic mass is 16.6. The largest absolute Gasteiger partial charge is 0.487 e. The number of benzene rings is 1. The molecule has 0 saturated heterocycles. The van der Waals surface area contributed by atoms with Gasteiger partial charge in [0, 0.05) is 17.8 Å². The summed E-state index contributed by atoms with van der Waals surface area (Å²) in [6.45, 7) is 4.55. The van der Waals surface area contributed by atoms with Crippen LogP contribution in [0.4, 0.5) is 11.4 Å². The van der Waals surface area contributed by atoms with Gasteiger partial charge in [0.25, 0.3) is 0 Å². The molecule has 1 N–H and O–H groups in total. The van der Waals surface area contributed by atoms with Gasteiger partial charge in [0.1, 0.15) is 11.5 Å². The summed E-state index contributed by atoms with van der Waals surface area (Å²) in [5.41, 5.74) is 0.708. The summed E-state index contributed by atoms with van der Waals surface area (Å²) in [5, 5.41) is 14.0. The van der Waals surface area contributed by atoms with Gasteiger partial charge in [-0.2, -0.15) is 0 Å². The van der Waals surface area contributed by atoms with E-state index in [1.54, 1.807) is 19.1 Å². The highest BCUT2D eigenvalue weighted by molar-refractivity contribution is 5.58. The predicted molar refractivity (Wildman–Crippen MR) is 75.0 cm³/mol. The molecule has 6 nitrogen and oxygen atoms in total. The van der Waals surface area contributed by atoms with Crippen LogP contribution in [0.5, 0.6) is 5.75 Å². The zero-order chi connectivity index (χ0) is 14.5. The van der Waals surface area contributed by atoms with Crippen LogP contribution in [0.3, 0.4) is 0 Å². The normalized spacial score (nSPS) is 10.3. The van der Waals surface area contributed by atoms with Gasteiger partial charge in [0.2, 0.25) is 0 Å². The summed E-state index contributed by atoms with van der Waals surface area (Å²) >= 11 is 0. The monoisotopic (exact) mass is 276 g/mol. The van der Waals surface area contributed by atoms with E-state index < -0.39 is 4.92 Å². The van der Waals surface area contributed by atoms with Gasteiger partial charge >= 0.3 is 5.69 Å². The van der Waals surface area contributed by atoms with Crippen LogP contribution in [0.15, 0.2) is 34.7 Å². The fraction of sp³-hybridized carbons (Fsp3) is 0.286. The van der Waals surface area contributed by atoms with Crippen molar-refractivity contribution in [2.75, 3.05) is 11.9 Å². The van der Waals surface area contributed by atoms with E-state index in [0.717, 1.165) is 17.2 Å². The molecule has 2 rings (SSSR count). The van der Waals surface area contributed by atoms with Gasteiger partial charge in [-0.05, 0) is 32.0 Å². The lowest BCUT2D eigenvalue weighted by Crippen LogP contribution is -2.01. The van der Waals surface area contributed by atoms with Crippen molar-refractivity contribution in [3.63, 3.8) is 0 Å². The lowest BCUT2D eigenvalue weighted by atomic mass is 10.2. The first-order valence-electron chi connectivity index (χ1n) is 6.30. The van der Waals surface area contributed by atoms with Crippen molar-refractivity contribution in [2.24, 2.45) is 0 Å². The predicted octanol–water partition coefficient (Wildman–Crippen LogP) is 3.51. The summed E-state index contributed by atoms with van der Waals surface area (Å²) in [5.74, 6) is 1.91. The maximum atomic E-state index is 10.9. The molecule has 0 aliphatic carbocycles. The Bertz CT molecular complexity index is 607. The SMILES string of the molecule is CCOc1cc(NCc2ccc(C)o2)ccc1[N+](=O)[O-]. The van der Waals surface area contributed by atoms with Crippen molar-refractivity contribution in [3.8, 4) is 5.75 Å². The topological polar surface area (TPSA) is 77.5 Å². The number of furan rings is 1. The van der Waals surface area contributed by atoms with Gasteiger partial charge in [0.15, 0.2) is 5.75 Å². The first-order valence-corrected chi connectivity index (χ1v) is 6.30. The molecule has 0 aliphatic heterocycles. The van der Waals surface area contributed by atoms with E-state index in [2.05, 4.69) is 5.32 Å². The quantitative estimate of drug-likeness (QED) is 0.645. The molecule has 0 fully saturated rings. The Morgan fingerprint density at radius 2 is 2.15 bits per heavy atom. The van der Waals surface area contributed by atoms with Gasteiger partial charge in [0.05, 0.1) is 18.1 Å². The van der Waals surface area contributed by atoms with Crippen molar-refractivity contribution in [1.82, 2.24) is 0 Å². The van der Waals surface area contributed by atoms with Gasteiger partial charge < -0.3 is 14.5 Å². The average molecular weight is 276 g/mol. The molecule has 0 saturated carbocycles. The maximum absolute atomic E-state index is 10.9. The van der Waals surface area contributed by atoms with Gasteiger partial charge in [-0.3, -0.25) is 10.1 Å². The van der Waals surface area contributed by atoms with E-state index in [4.69, 9.17) is 9.15 Å². The number of rotatable bonds is 6. The lowest BCUT2D eigenvalue weighted by Gasteiger charge is -2.08. The maximum Gasteiger partial charge on any atom is 0.311 e. The van der Waals surface area contributed by atoms with Crippen LogP contribution in [0.25, 0.3) is 0 Å². The van der Waals surface area contributed by atoms with Crippen molar-refractivity contribution in [3.05, 3.63) is 52.0 Å². The third-order valence-electron chi connectivity index (χ3n) is 2.72. The number of hydrogen-bond donors (Lipinski definition) is 1. The zero-order valence-electron chi connectivity index (χ0n) is 11.4. The molecule has 1 aromatic carbocycles. The summed E-state index contributed by atoms with van der Waals surface area (Å²) in [6.07, 6.45) is 0. The summed E-state index contributed by atoms with van der Waals surface area (Å²) in [7, 11) is 0. The van der Waals surface area contributed by atoms with E-state index in [9.17, 15) is 10.1 Å². The van der Waals surface area contributed by atoms with Crippen LogP contribution < -0.4 is 10.1 Å². The molecule has 20 heavy (non-hydrogen) atoms. The molecule has 0 unspecified atom stereocenters. The van der Waals surface area contributed by atoms with Crippen molar-refractivity contribution in [2.45, 2.75) is 20.4 Å². The highest BCUT2D eigenvalue weighted by Gasteiger charge is 2.15. The summed E-state index contributed by atoms with van der Waals surface area (Å²) in [4.78, 5) is 10.4.